The van der Waals surface area contributed by atoms with E-state index in [1.807, 2.05) is 60.3 Å². The Balaban J connectivity index is 1.39. The highest BCUT2D eigenvalue weighted by Gasteiger charge is 2.19. The molecule has 164 valence electrons. The van der Waals surface area contributed by atoms with Crippen molar-refractivity contribution >= 4 is 22.5 Å². The van der Waals surface area contributed by atoms with Crippen LogP contribution in [0.3, 0.4) is 0 Å². The van der Waals surface area contributed by atoms with Crippen molar-refractivity contribution in [3.05, 3.63) is 65.6 Å². The van der Waals surface area contributed by atoms with Gasteiger partial charge in [-0.1, -0.05) is 41.9 Å². The largest absolute Gasteiger partial charge is 0.474 e. The third-order valence-corrected chi connectivity index (χ3v) is 5.66. The monoisotopic (exact) mass is 450 g/mol. The summed E-state index contributed by atoms with van der Waals surface area (Å²) >= 11 is 6.21. The summed E-state index contributed by atoms with van der Waals surface area (Å²) in [6.45, 7) is 1.60. The van der Waals surface area contributed by atoms with Crippen molar-refractivity contribution in [3.63, 3.8) is 0 Å². The summed E-state index contributed by atoms with van der Waals surface area (Å²) in [4.78, 5) is 13.8. The van der Waals surface area contributed by atoms with E-state index < -0.39 is 0 Å². The van der Waals surface area contributed by atoms with Gasteiger partial charge in [0.2, 0.25) is 5.88 Å². The molecule has 0 bridgehead atoms. The first-order valence-electron chi connectivity index (χ1n) is 10.6. The number of benzene rings is 2. The number of ether oxygens (including phenoxy) is 3. The number of aromatic nitrogens is 4. The van der Waals surface area contributed by atoms with Crippen molar-refractivity contribution < 1.29 is 14.2 Å². The maximum atomic E-state index is 6.21. The molecule has 0 radical (unpaired) electrons. The van der Waals surface area contributed by atoms with Gasteiger partial charge in [0.25, 0.3) is 0 Å². The summed E-state index contributed by atoms with van der Waals surface area (Å²) in [5.74, 6) is 1.25. The highest BCUT2D eigenvalue weighted by Crippen LogP contribution is 2.30. The zero-order valence-corrected chi connectivity index (χ0v) is 18.5. The van der Waals surface area contributed by atoms with Crippen molar-refractivity contribution in [1.82, 2.24) is 19.5 Å². The smallest absolute Gasteiger partial charge is 0.320 e. The lowest BCUT2D eigenvalue weighted by atomic mass is 10.1. The topological polar surface area (TPSA) is 71.3 Å². The fraction of sp³-hybridized carbons (Fsp3) is 0.292. The van der Waals surface area contributed by atoms with Crippen molar-refractivity contribution in [3.8, 4) is 23.1 Å². The van der Waals surface area contributed by atoms with Crippen LogP contribution in [0.2, 0.25) is 5.02 Å². The number of hydrogen-bond acceptors (Lipinski definition) is 6. The Labute approximate surface area is 190 Å². The van der Waals surface area contributed by atoms with Crippen LogP contribution in [-0.4, -0.2) is 38.8 Å². The summed E-state index contributed by atoms with van der Waals surface area (Å²) in [5, 5.41) is 1.37. The van der Waals surface area contributed by atoms with Gasteiger partial charge < -0.3 is 18.8 Å². The summed E-state index contributed by atoms with van der Waals surface area (Å²) in [6.07, 6.45) is 3.66. The molecule has 0 amide bonds. The van der Waals surface area contributed by atoms with Gasteiger partial charge in [-0.2, -0.15) is 9.97 Å². The quantitative estimate of drug-likeness (QED) is 0.419. The maximum absolute atomic E-state index is 6.21. The van der Waals surface area contributed by atoms with Crippen LogP contribution in [0.4, 0.5) is 0 Å². The molecule has 0 unspecified atom stereocenters. The van der Waals surface area contributed by atoms with E-state index in [1.165, 1.54) is 0 Å². The lowest BCUT2D eigenvalue weighted by Crippen LogP contribution is -2.26. The first-order chi connectivity index (χ1) is 15.7. The number of hydrogen-bond donors (Lipinski definition) is 0. The van der Waals surface area contributed by atoms with Crippen LogP contribution in [0.15, 0.2) is 54.7 Å². The highest BCUT2D eigenvalue weighted by molar-refractivity contribution is 6.31. The molecule has 4 aromatic rings. The molecule has 0 spiro atoms. The second-order valence-electron chi connectivity index (χ2n) is 7.71. The molecule has 7 nitrogen and oxygen atoms in total. The molecule has 5 rings (SSSR count). The summed E-state index contributed by atoms with van der Waals surface area (Å²) in [7, 11) is 1.95. The Hall–Kier alpha value is -3.16. The lowest BCUT2D eigenvalue weighted by molar-refractivity contribution is 0.0241. The Morgan fingerprint density at radius 2 is 1.88 bits per heavy atom. The van der Waals surface area contributed by atoms with Gasteiger partial charge in [-0.3, -0.25) is 0 Å². The zero-order chi connectivity index (χ0) is 21.9. The minimum atomic E-state index is 0.0386. The first kappa shape index (κ1) is 20.7. The van der Waals surface area contributed by atoms with E-state index in [-0.39, 0.29) is 18.7 Å². The van der Waals surface area contributed by atoms with Gasteiger partial charge in [0, 0.05) is 36.7 Å². The molecular formula is C24H23ClN4O3. The molecule has 3 heterocycles. The third-order valence-electron chi connectivity index (χ3n) is 5.42. The van der Waals surface area contributed by atoms with Gasteiger partial charge in [0.1, 0.15) is 18.5 Å². The molecule has 8 heteroatoms. The SMILES string of the molecule is Cn1cc(-c2ccccc2)nc1COc1nc(OC2CCOCC2)c2cc(Cl)ccc2n1. The predicted octanol–water partition coefficient (Wildman–Crippen LogP) is 4.82. The Morgan fingerprint density at radius 1 is 1.06 bits per heavy atom. The van der Waals surface area contributed by atoms with Crippen LogP contribution in [0.5, 0.6) is 11.9 Å². The molecule has 0 aliphatic carbocycles. The summed E-state index contributed by atoms with van der Waals surface area (Å²) in [6, 6.07) is 15.7. The van der Waals surface area contributed by atoms with Crippen LogP contribution in [-0.2, 0) is 18.4 Å². The number of nitrogens with zero attached hydrogens (tertiary/aromatic N) is 4. The average Bonchev–Trinajstić information content (AvgIpc) is 3.20. The molecule has 1 aliphatic rings. The van der Waals surface area contributed by atoms with Crippen LogP contribution in [0, 0.1) is 0 Å². The van der Waals surface area contributed by atoms with Gasteiger partial charge in [-0.25, -0.2) is 4.98 Å². The molecule has 2 aromatic carbocycles. The second kappa shape index (κ2) is 9.14. The normalized spacial score (nSPS) is 14.6. The fourth-order valence-corrected chi connectivity index (χ4v) is 3.85. The van der Waals surface area contributed by atoms with Gasteiger partial charge in [-0.05, 0) is 18.2 Å². The van der Waals surface area contributed by atoms with Gasteiger partial charge >= 0.3 is 6.01 Å². The standard InChI is InChI=1S/C24H23ClN4O3/c1-29-14-21(16-5-3-2-4-6-16)26-22(29)15-31-24-27-20-8-7-17(25)13-19(20)23(28-24)32-18-9-11-30-12-10-18/h2-8,13-14,18H,9-12,15H2,1H3. The van der Waals surface area contributed by atoms with Crippen molar-refractivity contribution in [2.24, 2.45) is 7.05 Å². The number of halogens is 1. The molecule has 0 atom stereocenters. The molecule has 2 aromatic heterocycles. The molecule has 0 N–H and O–H groups in total. The predicted molar refractivity (Wildman–Crippen MR) is 122 cm³/mol. The van der Waals surface area contributed by atoms with E-state index in [4.69, 9.17) is 30.8 Å². The number of rotatable bonds is 6. The highest BCUT2D eigenvalue weighted by atomic mass is 35.5. The van der Waals surface area contributed by atoms with E-state index in [2.05, 4.69) is 9.97 Å². The molecule has 1 saturated heterocycles. The first-order valence-corrected chi connectivity index (χ1v) is 11.0. The Morgan fingerprint density at radius 3 is 2.69 bits per heavy atom. The number of imidazole rings is 1. The second-order valence-corrected chi connectivity index (χ2v) is 8.15. The lowest BCUT2D eigenvalue weighted by Gasteiger charge is -2.23. The molecule has 0 saturated carbocycles. The fourth-order valence-electron chi connectivity index (χ4n) is 3.67. The number of fused-ring (bicyclic) bond motifs is 1. The summed E-state index contributed by atoms with van der Waals surface area (Å²) in [5.41, 5.74) is 2.66. The third kappa shape index (κ3) is 4.54. The molecule has 1 fully saturated rings. The van der Waals surface area contributed by atoms with Gasteiger partial charge in [0.05, 0.1) is 29.8 Å². The minimum absolute atomic E-state index is 0.0386. The Bertz CT molecular complexity index is 1220. The average molecular weight is 451 g/mol. The van der Waals surface area contributed by atoms with Crippen molar-refractivity contribution in [2.75, 3.05) is 13.2 Å². The van der Waals surface area contributed by atoms with E-state index in [0.717, 1.165) is 35.3 Å². The zero-order valence-electron chi connectivity index (χ0n) is 17.7. The minimum Gasteiger partial charge on any atom is -0.474 e. The molecular weight excluding hydrogens is 428 g/mol. The van der Waals surface area contributed by atoms with E-state index in [1.54, 1.807) is 6.07 Å². The van der Waals surface area contributed by atoms with E-state index in [0.29, 0.717) is 29.6 Å². The maximum Gasteiger partial charge on any atom is 0.320 e. The van der Waals surface area contributed by atoms with Crippen LogP contribution in [0.25, 0.3) is 22.2 Å². The Kier molecular flexibility index (Phi) is 5.92. The van der Waals surface area contributed by atoms with Crippen LogP contribution in [0.1, 0.15) is 18.7 Å². The van der Waals surface area contributed by atoms with Crippen LogP contribution >= 0.6 is 11.6 Å². The molecule has 32 heavy (non-hydrogen) atoms. The van der Waals surface area contributed by atoms with E-state index >= 15 is 0 Å². The van der Waals surface area contributed by atoms with Gasteiger partial charge in [-0.15, -0.1) is 0 Å². The molecule has 1 aliphatic heterocycles. The van der Waals surface area contributed by atoms with Crippen molar-refractivity contribution in [2.45, 2.75) is 25.6 Å². The summed E-state index contributed by atoms with van der Waals surface area (Å²) < 4.78 is 19.5. The van der Waals surface area contributed by atoms with Crippen molar-refractivity contribution in [1.29, 1.82) is 0 Å². The van der Waals surface area contributed by atoms with Crippen LogP contribution < -0.4 is 9.47 Å². The number of aryl methyl sites for hydroxylation is 1. The van der Waals surface area contributed by atoms with E-state index in [9.17, 15) is 0 Å². The van der Waals surface area contributed by atoms with Gasteiger partial charge in [0.15, 0.2) is 0 Å².